The van der Waals surface area contributed by atoms with Gasteiger partial charge in [0.15, 0.2) is 0 Å². The Morgan fingerprint density at radius 1 is 1.41 bits per heavy atom. The number of benzene rings is 1. The molecule has 3 nitrogen and oxygen atoms in total. The Labute approximate surface area is 103 Å². The monoisotopic (exact) mass is 235 g/mol. The molecular weight excluding hydrogens is 214 g/mol. The van der Waals surface area contributed by atoms with E-state index in [2.05, 4.69) is 0 Å². The molecule has 0 radical (unpaired) electrons. The first-order valence-electron chi connectivity index (χ1n) is 6.20. The van der Waals surface area contributed by atoms with Crippen LogP contribution in [0.15, 0.2) is 24.3 Å². The van der Waals surface area contributed by atoms with Gasteiger partial charge in [0, 0.05) is 18.6 Å². The Bertz CT molecular complexity index is 355. The molecule has 94 valence electrons. The van der Waals surface area contributed by atoms with Crippen LogP contribution < -0.4 is 5.73 Å². The molecule has 0 amide bonds. The van der Waals surface area contributed by atoms with E-state index in [0.717, 1.165) is 25.0 Å². The summed E-state index contributed by atoms with van der Waals surface area (Å²) in [5, 5.41) is 10.5. The van der Waals surface area contributed by atoms with E-state index in [0.29, 0.717) is 13.2 Å². The highest BCUT2D eigenvalue weighted by Gasteiger charge is 2.39. The van der Waals surface area contributed by atoms with Crippen LogP contribution in [0.3, 0.4) is 0 Å². The van der Waals surface area contributed by atoms with Gasteiger partial charge in [0.25, 0.3) is 0 Å². The van der Waals surface area contributed by atoms with Gasteiger partial charge in [-0.3, -0.25) is 0 Å². The Morgan fingerprint density at radius 2 is 2.12 bits per heavy atom. The minimum atomic E-state index is -0.534. The molecule has 1 aliphatic rings. The molecule has 3 heteroatoms. The number of hydrogen-bond donors (Lipinski definition) is 2. The maximum absolute atomic E-state index is 10.5. The van der Waals surface area contributed by atoms with E-state index in [1.165, 1.54) is 5.56 Å². The lowest BCUT2D eigenvalue weighted by atomic mass is 9.75. The Morgan fingerprint density at radius 3 is 2.65 bits per heavy atom. The average Bonchev–Trinajstić information content (AvgIpc) is 2.39. The highest BCUT2D eigenvalue weighted by Crippen LogP contribution is 2.39. The second kappa shape index (κ2) is 5.17. The maximum Gasteiger partial charge on any atom is 0.0880 e. The zero-order chi connectivity index (χ0) is 12.3. The fourth-order valence-corrected chi connectivity index (χ4v) is 2.46. The number of ether oxygens (including phenoxy) is 1. The van der Waals surface area contributed by atoms with Crippen molar-refractivity contribution in [2.24, 2.45) is 11.1 Å². The smallest absolute Gasteiger partial charge is 0.0880 e. The number of aliphatic hydroxyl groups is 1. The number of aryl methyl sites for hydroxylation is 1. The van der Waals surface area contributed by atoms with Gasteiger partial charge < -0.3 is 15.6 Å². The van der Waals surface area contributed by atoms with Gasteiger partial charge in [-0.05, 0) is 25.3 Å². The van der Waals surface area contributed by atoms with Crippen molar-refractivity contribution >= 4 is 0 Å². The van der Waals surface area contributed by atoms with Crippen LogP contribution in [-0.4, -0.2) is 24.9 Å². The van der Waals surface area contributed by atoms with Crippen LogP contribution >= 0.6 is 0 Å². The Hall–Kier alpha value is -0.900. The van der Waals surface area contributed by atoms with Gasteiger partial charge in [0.05, 0.1) is 12.7 Å². The number of aliphatic hydroxyl groups excluding tert-OH is 1. The molecule has 2 rings (SSSR count). The predicted molar refractivity (Wildman–Crippen MR) is 67.7 cm³/mol. The average molecular weight is 235 g/mol. The first-order valence-corrected chi connectivity index (χ1v) is 6.20. The molecule has 1 aromatic rings. The van der Waals surface area contributed by atoms with Crippen LogP contribution in [0.4, 0.5) is 0 Å². The zero-order valence-corrected chi connectivity index (χ0v) is 10.4. The summed E-state index contributed by atoms with van der Waals surface area (Å²) in [4.78, 5) is 0. The van der Waals surface area contributed by atoms with Crippen LogP contribution in [-0.2, 0) is 4.74 Å². The molecular formula is C14H21NO2. The Balaban J connectivity index is 2.21. The molecule has 3 N–H and O–H groups in total. The molecule has 0 spiro atoms. The Kier molecular flexibility index (Phi) is 3.82. The van der Waals surface area contributed by atoms with Crippen molar-refractivity contribution in [2.45, 2.75) is 25.9 Å². The molecule has 1 aliphatic heterocycles. The molecule has 17 heavy (non-hydrogen) atoms. The van der Waals surface area contributed by atoms with Crippen LogP contribution in [0, 0.1) is 12.3 Å². The van der Waals surface area contributed by atoms with Crippen LogP contribution in [0.1, 0.15) is 30.1 Å². The van der Waals surface area contributed by atoms with Crippen molar-refractivity contribution in [3.05, 3.63) is 35.4 Å². The van der Waals surface area contributed by atoms with Crippen molar-refractivity contribution in [2.75, 3.05) is 19.8 Å². The van der Waals surface area contributed by atoms with E-state index in [9.17, 15) is 5.11 Å². The summed E-state index contributed by atoms with van der Waals surface area (Å²) in [6, 6.07) is 8.00. The third-order valence-corrected chi connectivity index (χ3v) is 3.73. The second-order valence-corrected chi connectivity index (χ2v) is 5.04. The molecule has 2 unspecified atom stereocenters. The lowest BCUT2D eigenvalue weighted by Gasteiger charge is -2.40. The van der Waals surface area contributed by atoms with Crippen molar-refractivity contribution in [3.63, 3.8) is 0 Å². The summed E-state index contributed by atoms with van der Waals surface area (Å²) < 4.78 is 5.50. The molecule has 1 heterocycles. The summed E-state index contributed by atoms with van der Waals surface area (Å²) in [5.74, 6) is 0. The van der Waals surface area contributed by atoms with Gasteiger partial charge in [-0.25, -0.2) is 0 Å². The summed E-state index contributed by atoms with van der Waals surface area (Å²) in [7, 11) is 0. The minimum absolute atomic E-state index is 0.312. The van der Waals surface area contributed by atoms with Crippen LogP contribution in [0.2, 0.25) is 0 Å². The minimum Gasteiger partial charge on any atom is -0.388 e. The molecule has 2 atom stereocenters. The largest absolute Gasteiger partial charge is 0.388 e. The van der Waals surface area contributed by atoms with Gasteiger partial charge in [-0.2, -0.15) is 0 Å². The van der Waals surface area contributed by atoms with E-state index < -0.39 is 6.10 Å². The van der Waals surface area contributed by atoms with Gasteiger partial charge in [0.2, 0.25) is 0 Å². The second-order valence-electron chi connectivity index (χ2n) is 5.04. The SMILES string of the molecule is Cc1ccc(C(O)C2(CN)CCCOC2)cc1. The molecule has 0 aliphatic carbocycles. The van der Waals surface area contributed by atoms with Gasteiger partial charge >= 0.3 is 0 Å². The first kappa shape index (κ1) is 12.6. The van der Waals surface area contributed by atoms with E-state index >= 15 is 0 Å². The summed E-state index contributed by atoms with van der Waals surface area (Å²) >= 11 is 0. The molecule has 1 saturated heterocycles. The number of rotatable bonds is 3. The molecule has 0 bridgehead atoms. The fraction of sp³-hybridized carbons (Fsp3) is 0.571. The summed E-state index contributed by atoms with van der Waals surface area (Å²) in [5.41, 5.74) is 7.69. The topological polar surface area (TPSA) is 55.5 Å². The van der Waals surface area contributed by atoms with Crippen molar-refractivity contribution in [1.82, 2.24) is 0 Å². The van der Waals surface area contributed by atoms with Crippen molar-refractivity contribution in [3.8, 4) is 0 Å². The maximum atomic E-state index is 10.5. The highest BCUT2D eigenvalue weighted by atomic mass is 16.5. The van der Waals surface area contributed by atoms with E-state index in [1.54, 1.807) is 0 Å². The van der Waals surface area contributed by atoms with Gasteiger partial charge in [0.1, 0.15) is 0 Å². The van der Waals surface area contributed by atoms with Crippen molar-refractivity contribution < 1.29 is 9.84 Å². The predicted octanol–water partition coefficient (Wildman–Crippen LogP) is 1.78. The molecule has 0 aromatic heterocycles. The summed E-state index contributed by atoms with van der Waals surface area (Å²) in [6.45, 7) is 3.83. The third kappa shape index (κ3) is 2.51. The highest BCUT2D eigenvalue weighted by molar-refractivity contribution is 5.25. The lowest BCUT2D eigenvalue weighted by molar-refractivity contribution is -0.0781. The summed E-state index contributed by atoms with van der Waals surface area (Å²) in [6.07, 6.45) is 1.37. The van der Waals surface area contributed by atoms with E-state index in [-0.39, 0.29) is 5.41 Å². The van der Waals surface area contributed by atoms with Crippen molar-refractivity contribution in [1.29, 1.82) is 0 Å². The molecule has 0 saturated carbocycles. The standard InChI is InChI=1S/C14H21NO2/c1-11-3-5-12(6-4-11)13(16)14(9-15)7-2-8-17-10-14/h3-6,13,16H,2,7-10,15H2,1H3. The molecule has 1 aromatic carbocycles. The van der Waals surface area contributed by atoms with E-state index in [4.69, 9.17) is 10.5 Å². The van der Waals surface area contributed by atoms with Crippen LogP contribution in [0.5, 0.6) is 0 Å². The molecule has 1 fully saturated rings. The zero-order valence-electron chi connectivity index (χ0n) is 10.4. The normalized spacial score (nSPS) is 26.8. The van der Waals surface area contributed by atoms with Gasteiger partial charge in [-0.1, -0.05) is 29.8 Å². The first-order chi connectivity index (χ1) is 8.18. The fourth-order valence-electron chi connectivity index (χ4n) is 2.46. The lowest BCUT2D eigenvalue weighted by Crippen LogP contribution is -2.43. The van der Waals surface area contributed by atoms with Crippen LogP contribution in [0.25, 0.3) is 0 Å². The number of nitrogens with two attached hydrogens (primary N) is 1. The van der Waals surface area contributed by atoms with E-state index in [1.807, 2.05) is 31.2 Å². The third-order valence-electron chi connectivity index (χ3n) is 3.73. The quantitative estimate of drug-likeness (QED) is 0.839. The van der Waals surface area contributed by atoms with Gasteiger partial charge in [-0.15, -0.1) is 0 Å². The number of hydrogen-bond acceptors (Lipinski definition) is 3.